The molecule has 2 aromatic carbocycles. The van der Waals surface area contributed by atoms with Gasteiger partial charge < -0.3 is 4.74 Å². The van der Waals surface area contributed by atoms with Crippen LogP contribution in [-0.2, 0) is 10.0 Å². The molecule has 0 aliphatic rings. The first-order valence-electron chi connectivity index (χ1n) is 7.16. The maximum Gasteiger partial charge on any atom is 0.289 e. The van der Waals surface area contributed by atoms with E-state index in [0.29, 0.717) is 11.3 Å². The number of methoxy groups -OCH3 is 1. The van der Waals surface area contributed by atoms with Crippen molar-refractivity contribution in [3.63, 3.8) is 0 Å². The lowest BCUT2D eigenvalue weighted by molar-refractivity contribution is -0.387. The van der Waals surface area contributed by atoms with E-state index in [9.17, 15) is 18.5 Å². The molecule has 0 saturated heterocycles. The van der Waals surface area contributed by atoms with E-state index in [0.717, 1.165) is 11.6 Å². The van der Waals surface area contributed by atoms with Crippen molar-refractivity contribution in [1.82, 2.24) is 4.72 Å². The zero-order chi connectivity index (χ0) is 17.9. The molecule has 0 fully saturated rings. The van der Waals surface area contributed by atoms with E-state index in [1.165, 1.54) is 25.3 Å². The summed E-state index contributed by atoms with van der Waals surface area (Å²) in [5, 5.41) is 11.1. The predicted octanol–water partition coefficient (Wildman–Crippen LogP) is 2.95. The fourth-order valence-electron chi connectivity index (χ4n) is 2.39. The number of nitro groups is 1. The van der Waals surface area contributed by atoms with Gasteiger partial charge in [-0.1, -0.05) is 29.8 Å². The molecule has 1 unspecified atom stereocenters. The van der Waals surface area contributed by atoms with Crippen LogP contribution >= 0.6 is 0 Å². The van der Waals surface area contributed by atoms with Gasteiger partial charge in [0.05, 0.1) is 12.0 Å². The second kappa shape index (κ2) is 6.98. The van der Waals surface area contributed by atoms with Crippen LogP contribution in [0.15, 0.2) is 47.4 Å². The Kier molecular flexibility index (Phi) is 5.20. The van der Waals surface area contributed by atoms with Crippen molar-refractivity contribution >= 4 is 15.7 Å². The minimum atomic E-state index is -4.07. The Balaban J connectivity index is 2.40. The third-order valence-corrected chi connectivity index (χ3v) is 5.12. The summed E-state index contributed by atoms with van der Waals surface area (Å²) in [6.45, 7) is 3.54. The largest absolute Gasteiger partial charge is 0.496 e. The molecule has 0 spiro atoms. The molecule has 7 nitrogen and oxygen atoms in total. The summed E-state index contributed by atoms with van der Waals surface area (Å²) in [7, 11) is -2.57. The van der Waals surface area contributed by atoms with Gasteiger partial charge in [-0.25, -0.2) is 13.1 Å². The molecule has 128 valence electrons. The second-order valence-electron chi connectivity index (χ2n) is 5.31. The van der Waals surface area contributed by atoms with Crippen molar-refractivity contribution in [1.29, 1.82) is 0 Å². The molecular weight excluding hydrogens is 332 g/mol. The Morgan fingerprint density at radius 1 is 1.21 bits per heavy atom. The minimum absolute atomic E-state index is 0.367. The van der Waals surface area contributed by atoms with Crippen molar-refractivity contribution in [3.05, 3.63) is 63.7 Å². The first kappa shape index (κ1) is 17.9. The second-order valence-corrected chi connectivity index (χ2v) is 7.00. The third-order valence-electron chi connectivity index (χ3n) is 3.54. The molecule has 2 rings (SSSR count). The molecule has 1 N–H and O–H groups in total. The number of hydrogen-bond donors (Lipinski definition) is 1. The Morgan fingerprint density at radius 3 is 2.50 bits per heavy atom. The van der Waals surface area contributed by atoms with E-state index < -0.39 is 26.7 Å². The number of nitrogens with one attached hydrogen (secondary N) is 1. The summed E-state index contributed by atoms with van der Waals surface area (Å²) in [4.78, 5) is 9.98. The Morgan fingerprint density at radius 2 is 1.88 bits per heavy atom. The molecule has 0 aliphatic carbocycles. The quantitative estimate of drug-likeness (QED) is 0.638. The number of aryl methyl sites for hydroxylation is 1. The minimum Gasteiger partial charge on any atom is -0.496 e. The van der Waals surface area contributed by atoms with Crippen LogP contribution < -0.4 is 9.46 Å². The molecule has 2 aromatic rings. The number of sulfonamides is 1. The highest BCUT2D eigenvalue weighted by Gasteiger charge is 2.27. The van der Waals surface area contributed by atoms with Gasteiger partial charge in [0.2, 0.25) is 10.0 Å². The van der Waals surface area contributed by atoms with E-state index in [1.807, 2.05) is 19.1 Å². The number of hydrogen-bond acceptors (Lipinski definition) is 5. The van der Waals surface area contributed by atoms with Crippen LogP contribution in [0.2, 0.25) is 0 Å². The van der Waals surface area contributed by atoms with Gasteiger partial charge in [-0.3, -0.25) is 10.1 Å². The van der Waals surface area contributed by atoms with E-state index in [2.05, 4.69) is 4.72 Å². The van der Waals surface area contributed by atoms with Crippen molar-refractivity contribution in [2.45, 2.75) is 24.8 Å². The van der Waals surface area contributed by atoms with Gasteiger partial charge in [0.15, 0.2) is 4.90 Å². The highest BCUT2D eigenvalue weighted by atomic mass is 32.2. The fraction of sp³-hybridized carbons (Fsp3) is 0.250. The van der Waals surface area contributed by atoms with Gasteiger partial charge in [0.25, 0.3) is 5.69 Å². The maximum absolute atomic E-state index is 12.6. The molecule has 0 saturated carbocycles. The predicted molar refractivity (Wildman–Crippen MR) is 89.6 cm³/mol. The molecule has 0 radical (unpaired) electrons. The number of nitrogens with zero attached hydrogens (tertiary/aromatic N) is 1. The third kappa shape index (κ3) is 3.72. The van der Waals surface area contributed by atoms with Gasteiger partial charge in [-0.2, -0.15) is 0 Å². The van der Waals surface area contributed by atoms with Crippen LogP contribution in [0.3, 0.4) is 0 Å². The van der Waals surface area contributed by atoms with Crippen molar-refractivity contribution in [2.24, 2.45) is 0 Å². The lowest BCUT2D eigenvalue weighted by Crippen LogP contribution is -2.27. The van der Waals surface area contributed by atoms with Crippen molar-refractivity contribution < 1.29 is 18.1 Å². The van der Waals surface area contributed by atoms with E-state index in [-0.39, 0.29) is 4.90 Å². The molecule has 8 heteroatoms. The lowest BCUT2D eigenvalue weighted by atomic mass is 10.1. The van der Waals surface area contributed by atoms with Gasteiger partial charge in [0, 0.05) is 17.7 Å². The zero-order valence-electron chi connectivity index (χ0n) is 13.5. The molecule has 0 heterocycles. The first-order chi connectivity index (χ1) is 11.3. The van der Waals surface area contributed by atoms with Gasteiger partial charge >= 0.3 is 0 Å². The molecular formula is C16H18N2O5S. The van der Waals surface area contributed by atoms with Crippen LogP contribution in [0.1, 0.15) is 24.1 Å². The number of rotatable bonds is 6. The number of benzene rings is 2. The first-order valence-corrected chi connectivity index (χ1v) is 8.65. The van der Waals surface area contributed by atoms with E-state index >= 15 is 0 Å². The summed E-state index contributed by atoms with van der Waals surface area (Å²) in [6, 6.07) is 10.0. The SMILES string of the molecule is COc1ccc(C)cc1C(C)NS(=O)(=O)c1ccccc1[N+](=O)[O-]. The molecule has 0 aliphatic heterocycles. The molecule has 0 bridgehead atoms. The molecule has 24 heavy (non-hydrogen) atoms. The number of para-hydroxylation sites is 1. The summed E-state index contributed by atoms with van der Waals surface area (Å²) in [5.74, 6) is 0.540. The van der Waals surface area contributed by atoms with E-state index in [1.54, 1.807) is 13.0 Å². The summed E-state index contributed by atoms with van der Waals surface area (Å²) < 4.78 is 32.9. The Labute approximate surface area is 140 Å². The highest BCUT2D eigenvalue weighted by molar-refractivity contribution is 7.89. The summed E-state index contributed by atoms with van der Waals surface area (Å²) >= 11 is 0. The van der Waals surface area contributed by atoms with Crippen LogP contribution in [0.25, 0.3) is 0 Å². The molecule has 0 aromatic heterocycles. The number of nitro benzene ring substituents is 1. The van der Waals surface area contributed by atoms with Crippen LogP contribution in [0.5, 0.6) is 5.75 Å². The molecule has 1 atom stereocenters. The van der Waals surface area contributed by atoms with Gasteiger partial charge in [0.1, 0.15) is 5.75 Å². The van der Waals surface area contributed by atoms with Crippen LogP contribution in [-0.4, -0.2) is 20.5 Å². The topological polar surface area (TPSA) is 98.5 Å². The Hall–Kier alpha value is -2.45. The average Bonchev–Trinajstić information content (AvgIpc) is 2.54. The smallest absolute Gasteiger partial charge is 0.289 e. The van der Waals surface area contributed by atoms with Crippen molar-refractivity contribution in [3.8, 4) is 5.75 Å². The fourth-order valence-corrected chi connectivity index (χ4v) is 3.78. The highest BCUT2D eigenvalue weighted by Crippen LogP contribution is 2.29. The normalized spacial score (nSPS) is 12.6. The average molecular weight is 350 g/mol. The van der Waals surface area contributed by atoms with Gasteiger partial charge in [-0.05, 0) is 26.0 Å². The van der Waals surface area contributed by atoms with Crippen molar-refractivity contribution in [2.75, 3.05) is 7.11 Å². The standard InChI is InChI=1S/C16H18N2O5S/c1-11-8-9-15(23-3)13(10-11)12(2)17-24(21,22)16-7-5-4-6-14(16)18(19)20/h4-10,12,17H,1-3H3. The monoisotopic (exact) mass is 350 g/mol. The summed E-state index contributed by atoms with van der Waals surface area (Å²) in [5.41, 5.74) is 1.13. The number of ether oxygens (including phenoxy) is 1. The molecule has 0 amide bonds. The van der Waals surface area contributed by atoms with E-state index in [4.69, 9.17) is 4.74 Å². The van der Waals surface area contributed by atoms with Crippen LogP contribution in [0.4, 0.5) is 5.69 Å². The van der Waals surface area contributed by atoms with Crippen LogP contribution in [0, 0.1) is 17.0 Å². The zero-order valence-corrected chi connectivity index (χ0v) is 14.3. The lowest BCUT2D eigenvalue weighted by Gasteiger charge is -2.18. The van der Waals surface area contributed by atoms with Gasteiger partial charge in [-0.15, -0.1) is 0 Å². The summed E-state index contributed by atoms with van der Waals surface area (Å²) in [6.07, 6.45) is 0. The maximum atomic E-state index is 12.6. The Bertz CT molecular complexity index is 865.